The standard InChI is InChI=1S/C16H31NO/c1-4-5-6-7-8-11-17-12-9-15(10-13-17)16(18)14(2)3/h14-15H,4-13H2,1-3H3. The van der Waals surface area contributed by atoms with E-state index in [2.05, 4.69) is 11.8 Å². The number of unbranched alkanes of at least 4 members (excludes halogenated alkanes) is 4. The predicted octanol–water partition coefficient (Wildman–Crippen LogP) is 3.89. The van der Waals surface area contributed by atoms with Crippen molar-refractivity contribution in [2.24, 2.45) is 11.8 Å². The molecule has 0 aromatic heterocycles. The van der Waals surface area contributed by atoms with E-state index in [-0.39, 0.29) is 5.92 Å². The van der Waals surface area contributed by atoms with Gasteiger partial charge in [0.15, 0.2) is 0 Å². The lowest BCUT2D eigenvalue weighted by Crippen LogP contribution is -2.37. The Morgan fingerprint density at radius 3 is 2.28 bits per heavy atom. The molecule has 0 atom stereocenters. The van der Waals surface area contributed by atoms with Crippen LogP contribution in [0.2, 0.25) is 0 Å². The average Bonchev–Trinajstić information content (AvgIpc) is 2.38. The Kier molecular flexibility index (Phi) is 7.57. The van der Waals surface area contributed by atoms with E-state index in [1.54, 1.807) is 0 Å². The van der Waals surface area contributed by atoms with Crippen LogP contribution in [0.5, 0.6) is 0 Å². The van der Waals surface area contributed by atoms with Crippen LogP contribution >= 0.6 is 0 Å². The van der Waals surface area contributed by atoms with Crippen LogP contribution in [0.4, 0.5) is 0 Å². The number of piperidine rings is 1. The Labute approximate surface area is 113 Å². The van der Waals surface area contributed by atoms with Crippen molar-refractivity contribution in [2.75, 3.05) is 19.6 Å². The molecule has 0 bridgehead atoms. The summed E-state index contributed by atoms with van der Waals surface area (Å²) in [5.74, 6) is 1.05. The van der Waals surface area contributed by atoms with E-state index in [0.29, 0.717) is 11.7 Å². The zero-order valence-electron chi connectivity index (χ0n) is 12.6. The van der Waals surface area contributed by atoms with E-state index in [0.717, 1.165) is 25.9 Å². The van der Waals surface area contributed by atoms with Gasteiger partial charge in [-0.25, -0.2) is 0 Å². The topological polar surface area (TPSA) is 20.3 Å². The van der Waals surface area contributed by atoms with Crippen molar-refractivity contribution in [3.63, 3.8) is 0 Å². The molecule has 0 saturated carbocycles. The molecule has 1 aliphatic rings. The van der Waals surface area contributed by atoms with E-state index in [4.69, 9.17) is 0 Å². The first-order chi connectivity index (χ1) is 8.65. The minimum Gasteiger partial charge on any atom is -0.303 e. The molecular weight excluding hydrogens is 222 g/mol. The molecule has 0 aromatic rings. The molecule has 0 aliphatic carbocycles. The minimum atomic E-state index is 0.218. The van der Waals surface area contributed by atoms with Gasteiger partial charge in [0.1, 0.15) is 5.78 Å². The van der Waals surface area contributed by atoms with Crippen LogP contribution in [-0.4, -0.2) is 30.3 Å². The van der Waals surface area contributed by atoms with Crippen molar-refractivity contribution in [3.05, 3.63) is 0 Å². The van der Waals surface area contributed by atoms with Gasteiger partial charge >= 0.3 is 0 Å². The summed E-state index contributed by atoms with van der Waals surface area (Å²) >= 11 is 0. The van der Waals surface area contributed by atoms with E-state index in [1.807, 2.05) is 13.8 Å². The summed E-state index contributed by atoms with van der Waals surface area (Å²) in [4.78, 5) is 14.5. The smallest absolute Gasteiger partial charge is 0.138 e. The fourth-order valence-electron chi connectivity index (χ4n) is 2.85. The lowest BCUT2D eigenvalue weighted by Gasteiger charge is -2.31. The van der Waals surface area contributed by atoms with Gasteiger partial charge < -0.3 is 4.90 Å². The summed E-state index contributed by atoms with van der Waals surface area (Å²) < 4.78 is 0. The molecule has 0 unspecified atom stereocenters. The van der Waals surface area contributed by atoms with Gasteiger partial charge in [-0.2, -0.15) is 0 Å². The largest absolute Gasteiger partial charge is 0.303 e. The van der Waals surface area contributed by atoms with Gasteiger partial charge in [0.25, 0.3) is 0 Å². The first kappa shape index (κ1) is 15.7. The minimum absolute atomic E-state index is 0.218. The summed E-state index contributed by atoms with van der Waals surface area (Å²) in [5, 5.41) is 0. The van der Waals surface area contributed by atoms with Crippen LogP contribution in [-0.2, 0) is 4.79 Å². The summed E-state index contributed by atoms with van der Waals surface area (Å²) in [7, 11) is 0. The summed E-state index contributed by atoms with van der Waals surface area (Å²) in [6.07, 6.45) is 8.98. The van der Waals surface area contributed by atoms with Gasteiger partial charge in [0.05, 0.1) is 0 Å². The monoisotopic (exact) mass is 253 g/mol. The van der Waals surface area contributed by atoms with Crippen molar-refractivity contribution in [2.45, 2.75) is 65.7 Å². The van der Waals surface area contributed by atoms with Crippen molar-refractivity contribution in [3.8, 4) is 0 Å². The van der Waals surface area contributed by atoms with Gasteiger partial charge in [-0.3, -0.25) is 4.79 Å². The molecule has 1 rings (SSSR count). The molecule has 18 heavy (non-hydrogen) atoms. The lowest BCUT2D eigenvalue weighted by molar-refractivity contribution is -0.127. The number of likely N-dealkylation sites (tertiary alicyclic amines) is 1. The van der Waals surface area contributed by atoms with Gasteiger partial charge in [0, 0.05) is 11.8 Å². The second-order valence-electron chi connectivity index (χ2n) is 6.09. The summed E-state index contributed by atoms with van der Waals surface area (Å²) in [6.45, 7) is 9.83. The Bertz CT molecular complexity index is 229. The van der Waals surface area contributed by atoms with Crippen LogP contribution in [0.25, 0.3) is 0 Å². The Hall–Kier alpha value is -0.370. The number of Topliss-reactive ketones (excluding diaryl/α,β-unsaturated/α-hetero) is 1. The first-order valence-corrected chi connectivity index (χ1v) is 7.91. The molecule has 106 valence electrons. The number of hydrogen-bond donors (Lipinski definition) is 0. The maximum absolute atomic E-state index is 11.9. The molecule has 1 saturated heterocycles. The second kappa shape index (κ2) is 8.68. The van der Waals surface area contributed by atoms with Crippen LogP contribution in [0.3, 0.4) is 0 Å². The quantitative estimate of drug-likeness (QED) is 0.612. The Morgan fingerprint density at radius 2 is 1.72 bits per heavy atom. The highest BCUT2D eigenvalue weighted by Crippen LogP contribution is 2.21. The first-order valence-electron chi connectivity index (χ1n) is 7.91. The highest BCUT2D eigenvalue weighted by atomic mass is 16.1. The predicted molar refractivity (Wildman–Crippen MR) is 77.8 cm³/mol. The van der Waals surface area contributed by atoms with Gasteiger partial charge in [0.2, 0.25) is 0 Å². The molecule has 1 aliphatic heterocycles. The molecule has 2 heteroatoms. The molecule has 0 N–H and O–H groups in total. The maximum Gasteiger partial charge on any atom is 0.138 e. The normalized spacial score (nSPS) is 18.4. The van der Waals surface area contributed by atoms with Crippen LogP contribution < -0.4 is 0 Å². The van der Waals surface area contributed by atoms with E-state index in [9.17, 15) is 4.79 Å². The van der Waals surface area contributed by atoms with Gasteiger partial charge in [-0.15, -0.1) is 0 Å². The lowest BCUT2D eigenvalue weighted by atomic mass is 9.87. The van der Waals surface area contributed by atoms with Crippen molar-refractivity contribution >= 4 is 5.78 Å². The zero-order chi connectivity index (χ0) is 13.4. The maximum atomic E-state index is 11.9. The zero-order valence-corrected chi connectivity index (χ0v) is 12.6. The Balaban J connectivity index is 2.10. The molecule has 0 aromatic carbocycles. The molecule has 0 amide bonds. The SMILES string of the molecule is CCCCCCCN1CCC(C(=O)C(C)C)CC1. The molecule has 1 fully saturated rings. The molecule has 0 spiro atoms. The number of carbonyl (C=O) groups excluding carboxylic acids is 1. The van der Waals surface area contributed by atoms with E-state index < -0.39 is 0 Å². The van der Waals surface area contributed by atoms with Crippen LogP contribution in [0.1, 0.15) is 65.7 Å². The third-order valence-electron chi connectivity index (χ3n) is 4.14. The number of hydrogen-bond acceptors (Lipinski definition) is 2. The Morgan fingerprint density at radius 1 is 1.11 bits per heavy atom. The highest BCUT2D eigenvalue weighted by molar-refractivity contribution is 5.82. The molecule has 1 heterocycles. The average molecular weight is 253 g/mol. The highest BCUT2D eigenvalue weighted by Gasteiger charge is 2.25. The van der Waals surface area contributed by atoms with Gasteiger partial charge in [-0.1, -0.05) is 46.5 Å². The molecule has 0 radical (unpaired) electrons. The van der Waals surface area contributed by atoms with Crippen molar-refractivity contribution in [1.82, 2.24) is 4.90 Å². The van der Waals surface area contributed by atoms with E-state index >= 15 is 0 Å². The molecular formula is C16H31NO. The van der Waals surface area contributed by atoms with Crippen LogP contribution in [0, 0.1) is 11.8 Å². The number of rotatable bonds is 8. The summed E-state index contributed by atoms with van der Waals surface area (Å²) in [5.41, 5.74) is 0. The number of nitrogens with zero attached hydrogens (tertiary/aromatic N) is 1. The third kappa shape index (κ3) is 5.51. The fourth-order valence-corrected chi connectivity index (χ4v) is 2.85. The summed E-state index contributed by atoms with van der Waals surface area (Å²) in [6, 6.07) is 0. The van der Waals surface area contributed by atoms with Crippen molar-refractivity contribution < 1.29 is 4.79 Å². The van der Waals surface area contributed by atoms with Crippen LogP contribution in [0.15, 0.2) is 0 Å². The number of ketones is 1. The molecule has 2 nitrogen and oxygen atoms in total. The van der Waals surface area contributed by atoms with E-state index in [1.165, 1.54) is 38.6 Å². The fraction of sp³-hybridized carbons (Fsp3) is 0.938. The number of carbonyl (C=O) groups is 1. The second-order valence-corrected chi connectivity index (χ2v) is 6.09. The third-order valence-corrected chi connectivity index (χ3v) is 4.14. The van der Waals surface area contributed by atoms with Gasteiger partial charge in [-0.05, 0) is 38.9 Å². The van der Waals surface area contributed by atoms with Crippen molar-refractivity contribution in [1.29, 1.82) is 0 Å².